The van der Waals surface area contributed by atoms with Gasteiger partial charge in [0, 0.05) is 32.4 Å². The number of aliphatic imine (C=N–C) groups is 1. The maximum Gasteiger partial charge on any atom is 0.223 e. The summed E-state index contributed by atoms with van der Waals surface area (Å²) in [6.07, 6.45) is 5.01. The van der Waals surface area contributed by atoms with Crippen molar-refractivity contribution < 1.29 is 9.60 Å². The molecule has 144 valence electrons. The first-order chi connectivity index (χ1) is 13.2. The second kappa shape index (κ2) is 9.32. The van der Waals surface area contributed by atoms with E-state index in [2.05, 4.69) is 34.5 Å². The van der Waals surface area contributed by atoms with Gasteiger partial charge in [0.1, 0.15) is 0 Å². The van der Waals surface area contributed by atoms with Gasteiger partial charge in [-0.1, -0.05) is 25.5 Å². The van der Waals surface area contributed by atoms with Crippen LogP contribution in [0, 0.1) is 5.82 Å². The van der Waals surface area contributed by atoms with Gasteiger partial charge in [-0.25, -0.2) is 19.8 Å². The first-order valence-electron chi connectivity index (χ1n) is 9.39. The van der Waals surface area contributed by atoms with Crippen LogP contribution in [0.25, 0.3) is 0 Å². The van der Waals surface area contributed by atoms with Crippen LogP contribution in [0.3, 0.4) is 0 Å². The number of unbranched alkanes of at least 4 members (excludes halogenated alkanes) is 1. The number of nitrogens with zero attached hydrogens (tertiary/aromatic N) is 4. The van der Waals surface area contributed by atoms with Crippen molar-refractivity contribution in [3.63, 3.8) is 0 Å². The summed E-state index contributed by atoms with van der Waals surface area (Å²) in [5.74, 6) is 0.455. The number of benzene rings is 1. The molecule has 0 saturated carbocycles. The molecule has 1 aromatic carbocycles. The first kappa shape index (κ1) is 19.1. The number of anilines is 1. The van der Waals surface area contributed by atoms with E-state index >= 15 is 0 Å². The zero-order valence-electron chi connectivity index (χ0n) is 15.6. The molecule has 1 aromatic heterocycles. The van der Waals surface area contributed by atoms with Crippen molar-refractivity contribution in [2.24, 2.45) is 4.99 Å². The molecule has 0 amide bonds. The fourth-order valence-corrected chi connectivity index (χ4v) is 3.15. The van der Waals surface area contributed by atoms with Crippen LogP contribution in [0.4, 0.5) is 15.9 Å². The molecular weight excluding hydrogens is 345 g/mol. The van der Waals surface area contributed by atoms with Crippen molar-refractivity contribution >= 4 is 17.5 Å². The average Bonchev–Trinajstić information content (AvgIpc) is 2.72. The van der Waals surface area contributed by atoms with Crippen LogP contribution in [0.5, 0.6) is 0 Å². The van der Waals surface area contributed by atoms with Gasteiger partial charge >= 0.3 is 0 Å². The molecule has 0 radical (unpaired) electrons. The third-order valence-electron chi connectivity index (χ3n) is 4.71. The average molecular weight is 371 g/mol. The Bertz CT molecular complexity index is 757. The number of pyridine rings is 1. The minimum Gasteiger partial charge on any atom is -0.351 e. The Morgan fingerprint density at radius 1 is 1.19 bits per heavy atom. The van der Waals surface area contributed by atoms with E-state index in [1.54, 1.807) is 12.3 Å². The lowest BCUT2D eigenvalue weighted by molar-refractivity contribution is 0.207. The van der Waals surface area contributed by atoms with Crippen molar-refractivity contribution in [3.8, 4) is 0 Å². The number of aryl methyl sites for hydroxylation is 1. The van der Waals surface area contributed by atoms with Gasteiger partial charge < -0.3 is 9.80 Å². The number of guanidine groups is 1. The summed E-state index contributed by atoms with van der Waals surface area (Å²) in [4.78, 5) is 12.5. The molecule has 2 N–H and O–H groups in total. The predicted molar refractivity (Wildman–Crippen MR) is 105 cm³/mol. The van der Waals surface area contributed by atoms with E-state index in [0.29, 0.717) is 38.0 Å². The normalized spacial score (nSPS) is 15.1. The van der Waals surface area contributed by atoms with Gasteiger partial charge in [-0.05, 0) is 42.7 Å². The number of hydroxylamine groups is 1. The maximum atomic E-state index is 13.9. The number of hydrogen-bond acceptors (Lipinski definition) is 4. The van der Waals surface area contributed by atoms with Crippen LogP contribution in [-0.2, 0) is 6.42 Å². The molecule has 0 aliphatic carbocycles. The molecule has 0 bridgehead atoms. The maximum absolute atomic E-state index is 13.9. The van der Waals surface area contributed by atoms with Gasteiger partial charge in [-0.2, -0.15) is 0 Å². The van der Waals surface area contributed by atoms with Crippen LogP contribution in [0.15, 0.2) is 47.6 Å². The molecule has 0 spiro atoms. The third kappa shape index (κ3) is 4.95. The molecule has 1 aliphatic rings. The highest BCUT2D eigenvalue weighted by molar-refractivity contribution is 5.82. The van der Waals surface area contributed by atoms with Crippen LogP contribution < -0.4 is 10.4 Å². The highest BCUT2D eigenvalue weighted by atomic mass is 19.1. The first-order valence-corrected chi connectivity index (χ1v) is 9.39. The lowest BCUT2D eigenvalue weighted by Gasteiger charge is -2.36. The molecule has 2 aromatic rings. The fraction of sp³-hybridized carbons (Fsp3) is 0.400. The summed E-state index contributed by atoms with van der Waals surface area (Å²) < 4.78 is 13.9. The van der Waals surface area contributed by atoms with Crippen LogP contribution in [0.1, 0.15) is 25.3 Å². The van der Waals surface area contributed by atoms with Gasteiger partial charge in [0.15, 0.2) is 11.6 Å². The Labute approximate surface area is 159 Å². The number of nitrogens with one attached hydrogen (secondary N) is 1. The van der Waals surface area contributed by atoms with Gasteiger partial charge in [-0.15, -0.1) is 0 Å². The smallest absolute Gasteiger partial charge is 0.223 e. The minimum absolute atomic E-state index is 0.316. The van der Waals surface area contributed by atoms with Crippen LogP contribution in [0.2, 0.25) is 0 Å². The lowest BCUT2D eigenvalue weighted by atomic mass is 10.1. The Morgan fingerprint density at radius 2 is 1.93 bits per heavy atom. The predicted octanol–water partition coefficient (Wildman–Crippen LogP) is 3.35. The summed E-state index contributed by atoms with van der Waals surface area (Å²) in [6.45, 7) is 4.60. The number of aromatic nitrogens is 1. The monoisotopic (exact) mass is 371 g/mol. The van der Waals surface area contributed by atoms with E-state index < -0.39 is 0 Å². The van der Waals surface area contributed by atoms with Gasteiger partial charge in [-0.3, -0.25) is 5.21 Å². The largest absolute Gasteiger partial charge is 0.351 e. The number of halogens is 1. The summed E-state index contributed by atoms with van der Waals surface area (Å²) in [7, 11) is 0. The van der Waals surface area contributed by atoms with Crippen LogP contribution >= 0.6 is 0 Å². The second-order valence-electron chi connectivity index (χ2n) is 6.60. The van der Waals surface area contributed by atoms with E-state index in [9.17, 15) is 9.60 Å². The third-order valence-corrected chi connectivity index (χ3v) is 4.71. The van der Waals surface area contributed by atoms with Gasteiger partial charge in [0.05, 0.1) is 5.69 Å². The zero-order chi connectivity index (χ0) is 19.1. The van der Waals surface area contributed by atoms with Crippen molar-refractivity contribution in [2.75, 3.05) is 31.1 Å². The Hall–Kier alpha value is -2.67. The SMILES string of the molecule is CCCCc1ccc(N=C(NO)N2CCN(c3ncccc3F)CC2)cc1. The number of piperazine rings is 1. The highest BCUT2D eigenvalue weighted by Gasteiger charge is 2.22. The second-order valence-corrected chi connectivity index (χ2v) is 6.60. The molecule has 0 atom stereocenters. The zero-order valence-corrected chi connectivity index (χ0v) is 15.6. The molecule has 0 unspecified atom stereocenters. The topological polar surface area (TPSA) is 64.0 Å². The van der Waals surface area contributed by atoms with Crippen molar-refractivity contribution in [1.82, 2.24) is 15.4 Å². The molecule has 27 heavy (non-hydrogen) atoms. The molecule has 1 fully saturated rings. The molecule has 1 aliphatic heterocycles. The lowest BCUT2D eigenvalue weighted by Crippen LogP contribution is -2.52. The Balaban J connectivity index is 1.63. The molecule has 1 saturated heterocycles. The Morgan fingerprint density at radius 3 is 2.56 bits per heavy atom. The van der Waals surface area contributed by atoms with Crippen LogP contribution in [-0.4, -0.2) is 47.2 Å². The molecule has 3 rings (SSSR count). The van der Waals surface area contributed by atoms with E-state index in [4.69, 9.17) is 0 Å². The van der Waals surface area contributed by atoms with Crippen molar-refractivity contribution in [3.05, 3.63) is 54.0 Å². The summed E-state index contributed by atoms with van der Waals surface area (Å²) in [5, 5.41) is 9.53. The standard InChI is InChI=1S/C20H26FN5O/c1-2-3-5-16-7-9-17(10-8-16)23-20(24-27)26-14-12-25(13-15-26)19-18(21)6-4-11-22-19/h4,6-11,27H,2-3,5,12-15H2,1H3,(H,23,24). The number of rotatable bonds is 5. The van der Waals surface area contributed by atoms with Gasteiger partial charge in [0.2, 0.25) is 5.96 Å². The molecule has 2 heterocycles. The molecular formula is C20H26FN5O. The van der Waals surface area contributed by atoms with E-state index in [1.165, 1.54) is 24.5 Å². The van der Waals surface area contributed by atoms with E-state index in [0.717, 1.165) is 12.1 Å². The quantitative estimate of drug-likeness (QED) is 0.479. The molecule has 6 nitrogen and oxygen atoms in total. The number of hydrogen-bond donors (Lipinski definition) is 2. The fourth-order valence-electron chi connectivity index (χ4n) is 3.15. The summed E-state index contributed by atoms with van der Waals surface area (Å²) >= 11 is 0. The molecule has 7 heteroatoms. The minimum atomic E-state index is -0.316. The van der Waals surface area contributed by atoms with E-state index in [1.807, 2.05) is 21.9 Å². The van der Waals surface area contributed by atoms with Crippen molar-refractivity contribution in [1.29, 1.82) is 0 Å². The van der Waals surface area contributed by atoms with Gasteiger partial charge in [0.25, 0.3) is 0 Å². The Kier molecular flexibility index (Phi) is 6.59. The summed E-state index contributed by atoms with van der Waals surface area (Å²) in [5.41, 5.74) is 4.28. The highest BCUT2D eigenvalue weighted by Crippen LogP contribution is 2.19. The summed E-state index contributed by atoms with van der Waals surface area (Å²) in [6, 6.07) is 11.1. The van der Waals surface area contributed by atoms with Crippen molar-refractivity contribution in [2.45, 2.75) is 26.2 Å². The van der Waals surface area contributed by atoms with E-state index in [-0.39, 0.29) is 5.82 Å².